The van der Waals surface area contributed by atoms with Gasteiger partial charge in [0, 0.05) is 24.2 Å². The number of anilines is 1. The van der Waals surface area contributed by atoms with Gasteiger partial charge in [0.1, 0.15) is 13.2 Å². The summed E-state index contributed by atoms with van der Waals surface area (Å²) in [5, 5.41) is 8.89. The Kier molecular flexibility index (Phi) is 7.81. The fourth-order valence-corrected chi connectivity index (χ4v) is 3.24. The molecule has 0 aliphatic carbocycles. The van der Waals surface area contributed by atoms with Crippen LogP contribution in [0.25, 0.3) is 0 Å². The summed E-state index contributed by atoms with van der Waals surface area (Å²) < 4.78 is 16.2. The molecular formula is C24H24N2O6. The number of carbonyl (C=O) groups is 3. The van der Waals surface area contributed by atoms with E-state index in [9.17, 15) is 14.4 Å². The molecule has 8 nitrogen and oxygen atoms in total. The second-order valence-electron chi connectivity index (χ2n) is 7.15. The second-order valence-corrected chi connectivity index (χ2v) is 7.15. The Hall–Kier alpha value is -3.86. The van der Waals surface area contributed by atoms with E-state index in [-0.39, 0.29) is 31.6 Å². The summed E-state index contributed by atoms with van der Waals surface area (Å²) >= 11 is 0. The minimum Gasteiger partial charge on any atom is -0.486 e. The van der Waals surface area contributed by atoms with E-state index in [4.69, 9.17) is 19.5 Å². The number of nitrogens with zero attached hydrogens (tertiary/aromatic N) is 2. The smallest absolute Gasteiger partial charge is 0.307 e. The molecule has 0 saturated heterocycles. The minimum atomic E-state index is -1.05. The van der Waals surface area contributed by atoms with Crippen LogP contribution < -0.4 is 14.4 Å². The summed E-state index contributed by atoms with van der Waals surface area (Å²) in [5.74, 6) is -0.234. The number of carbonyl (C=O) groups excluding carboxylic acids is 3. The van der Waals surface area contributed by atoms with Gasteiger partial charge in [0.2, 0.25) is 0 Å². The molecule has 0 saturated carbocycles. The molecular weight excluding hydrogens is 412 g/mol. The lowest BCUT2D eigenvalue weighted by Crippen LogP contribution is -2.40. The molecule has 0 aromatic heterocycles. The molecule has 0 fully saturated rings. The largest absolute Gasteiger partial charge is 0.486 e. The van der Waals surface area contributed by atoms with Crippen molar-refractivity contribution < 1.29 is 28.6 Å². The van der Waals surface area contributed by atoms with Crippen molar-refractivity contribution in [3.05, 3.63) is 54.1 Å². The normalized spacial score (nSPS) is 12.9. The molecule has 8 heteroatoms. The predicted octanol–water partition coefficient (Wildman–Crippen LogP) is 3.30. The van der Waals surface area contributed by atoms with Gasteiger partial charge in [-0.05, 0) is 37.3 Å². The van der Waals surface area contributed by atoms with E-state index in [2.05, 4.69) is 0 Å². The van der Waals surface area contributed by atoms with Gasteiger partial charge >= 0.3 is 5.97 Å². The zero-order chi connectivity index (χ0) is 22.9. The topological polar surface area (TPSA) is 106 Å². The van der Waals surface area contributed by atoms with Crippen LogP contribution in [0.4, 0.5) is 5.69 Å². The van der Waals surface area contributed by atoms with Crippen molar-refractivity contribution in [3.63, 3.8) is 0 Å². The first-order valence-corrected chi connectivity index (χ1v) is 10.4. The summed E-state index contributed by atoms with van der Waals surface area (Å²) in [6, 6.07) is 15.8. The maximum absolute atomic E-state index is 12.8. The Morgan fingerprint density at radius 3 is 2.50 bits per heavy atom. The Balaban J connectivity index is 1.54. The highest BCUT2D eigenvalue weighted by molar-refractivity contribution is 5.99. The minimum absolute atomic E-state index is 0.0593. The van der Waals surface area contributed by atoms with Crippen LogP contribution in [-0.2, 0) is 14.3 Å². The second kappa shape index (κ2) is 11.0. The van der Waals surface area contributed by atoms with Crippen molar-refractivity contribution in [2.45, 2.75) is 32.3 Å². The van der Waals surface area contributed by atoms with Crippen LogP contribution in [-0.4, -0.2) is 43.5 Å². The number of para-hydroxylation sites is 1. The maximum Gasteiger partial charge on any atom is 0.307 e. The third-order valence-electron chi connectivity index (χ3n) is 4.86. The number of Topliss-reactive ketones (excluding diaryl/α,β-unsaturated/α-hetero) is 1. The average Bonchev–Trinajstić information content (AvgIpc) is 2.83. The van der Waals surface area contributed by atoms with Gasteiger partial charge in [-0.1, -0.05) is 18.2 Å². The van der Waals surface area contributed by atoms with Gasteiger partial charge in [-0.15, -0.1) is 0 Å². The van der Waals surface area contributed by atoms with Crippen LogP contribution in [0.5, 0.6) is 11.5 Å². The van der Waals surface area contributed by atoms with E-state index in [0.29, 0.717) is 36.0 Å². The lowest BCUT2D eigenvalue weighted by atomic mass is 10.1. The Labute approximate surface area is 186 Å². The van der Waals surface area contributed by atoms with E-state index in [0.717, 1.165) is 0 Å². The quantitative estimate of drug-likeness (QED) is 0.439. The summed E-state index contributed by atoms with van der Waals surface area (Å²) in [6.45, 7) is 2.54. The van der Waals surface area contributed by atoms with Crippen LogP contribution in [0.15, 0.2) is 48.5 Å². The molecule has 0 N–H and O–H groups in total. The fraction of sp³-hybridized carbons (Fsp3) is 0.333. The van der Waals surface area contributed by atoms with Crippen molar-refractivity contribution in [1.29, 1.82) is 5.26 Å². The van der Waals surface area contributed by atoms with E-state index in [1.165, 1.54) is 11.8 Å². The van der Waals surface area contributed by atoms with Gasteiger partial charge in [-0.25, -0.2) is 0 Å². The number of nitriles is 1. The molecule has 1 heterocycles. The Morgan fingerprint density at radius 2 is 1.78 bits per heavy atom. The van der Waals surface area contributed by atoms with Crippen molar-refractivity contribution >= 4 is 23.3 Å². The first-order valence-electron chi connectivity index (χ1n) is 10.4. The number of rotatable bonds is 9. The molecule has 0 bridgehead atoms. The zero-order valence-electron chi connectivity index (χ0n) is 17.8. The van der Waals surface area contributed by atoms with Crippen LogP contribution in [0.2, 0.25) is 0 Å². The highest BCUT2D eigenvalue weighted by Gasteiger charge is 2.25. The van der Waals surface area contributed by atoms with Crippen molar-refractivity contribution in [3.8, 4) is 17.6 Å². The van der Waals surface area contributed by atoms with E-state index < -0.39 is 18.0 Å². The molecule has 1 amide bonds. The summed E-state index contributed by atoms with van der Waals surface area (Å²) in [7, 11) is 0. The zero-order valence-corrected chi connectivity index (χ0v) is 17.8. The van der Waals surface area contributed by atoms with Gasteiger partial charge in [0.15, 0.2) is 23.4 Å². The molecule has 1 aliphatic rings. The van der Waals surface area contributed by atoms with E-state index in [1.54, 1.807) is 42.5 Å². The summed E-state index contributed by atoms with van der Waals surface area (Å²) in [4.78, 5) is 39.0. The summed E-state index contributed by atoms with van der Waals surface area (Å²) in [5.41, 5.74) is 1.03. The number of amides is 1. The maximum atomic E-state index is 12.8. The molecule has 166 valence electrons. The lowest BCUT2D eigenvalue weighted by Gasteiger charge is -2.25. The van der Waals surface area contributed by atoms with Gasteiger partial charge in [0.25, 0.3) is 5.91 Å². The van der Waals surface area contributed by atoms with Crippen molar-refractivity contribution in [2.24, 2.45) is 0 Å². The van der Waals surface area contributed by atoms with Gasteiger partial charge in [0.05, 0.1) is 18.9 Å². The molecule has 3 rings (SSSR count). The van der Waals surface area contributed by atoms with Gasteiger partial charge in [-0.3, -0.25) is 14.4 Å². The molecule has 2 aromatic rings. The Bertz CT molecular complexity index is 1010. The third-order valence-corrected chi connectivity index (χ3v) is 4.86. The number of hydrogen-bond donors (Lipinski definition) is 0. The standard InChI is InChI=1S/C24H24N2O6/c1-17(24(29)26(13-5-12-25)19-6-3-2-4-7-19)32-23(28)11-9-20(27)18-8-10-21-22(16-18)31-15-14-30-21/h2-4,6-8,10,16-17H,5,9,11,13-15H2,1H3. The first-order chi connectivity index (χ1) is 15.5. The lowest BCUT2D eigenvalue weighted by molar-refractivity contribution is -0.153. The fourth-order valence-electron chi connectivity index (χ4n) is 3.24. The van der Waals surface area contributed by atoms with Gasteiger partial charge in [-0.2, -0.15) is 5.26 Å². The molecule has 0 spiro atoms. The van der Waals surface area contributed by atoms with Crippen molar-refractivity contribution in [2.75, 3.05) is 24.7 Å². The molecule has 2 aromatic carbocycles. The number of esters is 1. The van der Waals surface area contributed by atoms with Crippen LogP contribution in [0, 0.1) is 11.3 Å². The molecule has 0 radical (unpaired) electrons. The predicted molar refractivity (Wildman–Crippen MR) is 116 cm³/mol. The van der Waals surface area contributed by atoms with Crippen molar-refractivity contribution in [1.82, 2.24) is 0 Å². The number of ether oxygens (including phenoxy) is 3. The van der Waals surface area contributed by atoms with Crippen LogP contribution in [0.1, 0.15) is 36.5 Å². The molecule has 1 aliphatic heterocycles. The molecule has 32 heavy (non-hydrogen) atoms. The molecule has 1 atom stereocenters. The van der Waals surface area contributed by atoms with E-state index >= 15 is 0 Å². The summed E-state index contributed by atoms with van der Waals surface area (Å²) in [6.07, 6.45) is -1.12. The number of hydrogen-bond acceptors (Lipinski definition) is 7. The number of fused-ring (bicyclic) bond motifs is 1. The number of benzene rings is 2. The average molecular weight is 436 g/mol. The highest BCUT2D eigenvalue weighted by Crippen LogP contribution is 2.31. The monoisotopic (exact) mass is 436 g/mol. The third kappa shape index (κ3) is 5.85. The SMILES string of the molecule is CC(OC(=O)CCC(=O)c1ccc2c(c1)OCCO2)C(=O)N(CCC#N)c1ccccc1. The van der Waals surface area contributed by atoms with Crippen LogP contribution >= 0.6 is 0 Å². The van der Waals surface area contributed by atoms with Crippen LogP contribution in [0.3, 0.4) is 0 Å². The van der Waals surface area contributed by atoms with E-state index in [1.807, 2.05) is 12.1 Å². The van der Waals surface area contributed by atoms with Gasteiger partial charge < -0.3 is 19.1 Å². The Morgan fingerprint density at radius 1 is 1.06 bits per heavy atom. The molecule has 1 unspecified atom stereocenters. The highest BCUT2D eigenvalue weighted by atomic mass is 16.6. The number of ketones is 1. The first kappa shape index (κ1) is 22.8.